The van der Waals surface area contributed by atoms with E-state index in [2.05, 4.69) is 237 Å². The smallest absolute Gasteiger partial charge is 0.137 e. The first-order valence-corrected chi connectivity index (χ1v) is 28.9. The number of aryl methyl sites for hydroxylation is 1. The molecule has 5 nitrogen and oxygen atoms in total. The van der Waals surface area contributed by atoms with Crippen LogP contribution in [0.15, 0.2) is 212 Å². The average Bonchev–Trinajstić information content (AvgIpc) is 1.75. The lowest BCUT2D eigenvalue weighted by Crippen LogP contribution is -2.25. The van der Waals surface area contributed by atoms with Crippen molar-refractivity contribution in [3.8, 4) is 61.8 Å². The van der Waals surface area contributed by atoms with Crippen LogP contribution in [0.3, 0.4) is 0 Å². The largest absolute Gasteiger partial charge is 0.457 e. The molecular formula is C77H76N4O. The maximum absolute atomic E-state index is 9.44. The Morgan fingerprint density at radius 2 is 1.18 bits per heavy atom. The van der Waals surface area contributed by atoms with Gasteiger partial charge in [0, 0.05) is 51.0 Å². The molecule has 3 heterocycles. The van der Waals surface area contributed by atoms with Crippen LogP contribution < -0.4 is 14.5 Å². The Bertz CT molecular complexity index is 4430. The van der Waals surface area contributed by atoms with Gasteiger partial charge in [0.25, 0.3) is 0 Å². The summed E-state index contributed by atoms with van der Waals surface area (Å²) in [7, 11) is 0. The van der Waals surface area contributed by atoms with Gasteiger partial charge in [-0.15, -0.1) is 0 Å². The summed E-state index contributed by atoms with van der Waals surface area (Å²) in [4.78, 5) is 9.83. The highest BCUT2D eigenvalue weighted by Crippen LogP contribution is 2.52. The number of aromatic nitrogens is 2. The summed E-state index contributed by atoms with van der Waals surface area (Å²) in [6.45, 7) is 27.1. The van der Waals surface area contributed by atoms with Crippen molar-refractivity contribution in [2.45, 2.75) is 106 Å². The second-order valence-electron chi connectivity index (χ2n) is 25.7. The van der Waals surface area contributed by atoms with Crippen molar-refractivity contribution in [2.75, 3.05) is 16.5 Å². The Morgan fingerprint density at radius 3 is 1.88 bits per heavy atom. The number of pyridine rings is 1. The summed E-state index contributed by atoms with van der Waals surface area (Å²) in [5.41, 5.74) is 18.0. The van der Waals surface area contributed by atoms with E-state index in [1.807, 2.05) is 42.5 Å². The molecule has 0 bridgehead atoms. The number of benzene rings is 9. The van der Waals surface area contributed by atoms with Crippen molar-refractivity contribution in [3.63, 3.8) is 0 Å². The minimum Gasteiger partial charge on any atom is -0.457 e. The SMILES string of the molecule is [2H]c1c([2H])c([2H])c(-c2cccc(-c3cc(C(C)(C)C)cc(C(C)(C)C)c3)c2N2CN(c3cccc(Oc4ccc5c6ccccc6n(-c6cc(CC(C)C)c(-c7ccc(C(C)(C)C)cc7)cn6)c5c4C)c3)c3ccc(-c4ccccc4)cc32)c([2H])c1[2H]. The molecule has 410 valence electrons. The predicted octanol–water partition coefficient (Wildman–Crippen LogP) is 21.3. The second-order valence-corrected chi connectivity index (χ2v) is 25.7. The van der Waals surface area contributed by atoms with Crippen molar-refractivity contribution < 1.29 is 11.6 Å². The van der Waals surface area contributed by atoms with Crippen LogP contribution in [0.2, 0.25) is 0 Å². The summed E-state index contributed by atoms with van der Waals surface area (Å²) >= 11 is 0. The molecule has 0 atom stereocenters. The molecule has 0 saturated heterocycles. The molecule has 0 N–H and O–H groups in total. The van der Waals surface area contributed by atoms with E-state index in [4.69, 9.17) is 13.8 Å². The molecule has 0 unspecified atom stereocenters. The van der Waals surface area contributed by atoms with Crippen LogP contribution >= 0.6 is 0 Å². The highest BCUT2D eigenvalue weighted by atomic mass is 16.5. The average molecular weight is 1080 g/mol. The molecule has 0 amide bonds. The molecule has 9 aromatic carbocycles. The van der Waals surface area contributed by atoms with Gasteiger partial charge in [0.15, 0.2) is 0 Å². The number of hydrogen-bond donors (Lipinski definition) is 0. The molecule has 12 rings (SSSR count). The third kappa shape index (κ3) is 10.3. The molecule has 0 aliphatic carbocycles. The number of para-hydroxylation sites is 2. The van der Waals surface area contributed by atoms with Gasteiger partial charge in [-0.3, -0.25) is 4.57 Å². The zero-order valence-corrected chi connectivity index (χ0v) is 49.5. The van der Waals surface area contributed by atoms with Crippen molar-refractivity contribution in [1.29, 1.82) is 0 Å². The Hall–Kier alpha value is -8.67. The first-order valence-electron chi connectivity index (χ1n) is 31.4. The van der Waals surface area contributed by atoms with Crippen LogP contribution in [-0.4, -0.2) is 16.2 Å². The second kappa shape index (κ2) is 21.0. The molecule has 0 fully saturated rings. The van der Waals surface area contributed by atoms with Gasteiger partial charge in [0.05, 0.1) is 34.9 Å². The van der Waals surface area contributed by atoms with E-state index in [-0.39, 0.29) is 46.0 Å². The summed E-state index contributed by atoms with van der Waals surface area (Å²) in [5, 5.41) is 2.25. The summed E-state index contributed by atoms with van der Waals surface area (Å²) in [6, 6.07) is 60.3. The first-order chi connectivity index (χ1) is 41.3. The minimum absolute atomic E-state index is 0.0537. The van der Waals surface area contributed by atoms with E-state index < -0.39 is 6.04 Å². The van der Waals surface area contributed by atoms with Crippen molar-refractivity contribution >= 4 is 44.6 Å². The highest BCUT2D eigenvalue weighted by Gasteiger charge is 2.33. The zero-order chi connectivity index (χ0) is 61.6. The Labute approximate surface area is 493 Å². The van der Waals surface area contributed by atoms with Crippen LogP contribution in [0, 0.1) is 12.8 Å². The molecule has 1 aliphatic rings. The lowest BCUT2D eigenvalue weighted by molar-refractivity contribution is 0.480. The third-order valence-electron chi connectivity index (χ3n) is 16.3. The molecule has 2 aromatic heterocycles. The Balaban J connectivity index is 0.997. The van der Waals surface area contributed by atoms with Crippen LogP contribution in [0.4, 0.5) is 22.7 Å². The summed E-state index contributed by atoms with van der Waals surface area (Å²) in [5.74, 6) is 2.67. The summed E-state index contributed by atoms with van der Waals surface area (Å²) < 4.78 is 54.8. The minimum atomic E-state index is -0.430. The number of nitrogens with zero attached hydrogens (tertiary/aromatic N) is 4. The number of ether oxygens (including phenoxy) is 1. The maximum Gasteiger partial charge on any atom is 0.137 e. The molecule has 82 heavy (non-hydrogen) atoms. The van der Waals surface area contributed by atoms with Gasteiger partial charge in [-0.2, -0.15) is 0 Å². The zero-order valence-electron chi connectivity index (χ0n) is 54.5. The quantitative estimate of drug-likeness (QED) is 0.129. The van der Waals surface area contributed by atoms with Gasteiger partial charge in [0.1, 0.15) is 24.0 Å². The number of fused-ring (bicyclic) bond motifs is 4. The Kier molecular flexibility index (Phi) is 12.3. The molecule has 11 aromatic rings. The topological polar surface area (TPSA) is 33.5 Å². The van der Waals surface area contributed by atoms with Gasteiger partial charge >= 0.3 is 0 Å². The highest BCUT2D eigenvalue weighted by molar-refractivity contribution is 6.11. The number of hydrogen-bond acceptors (Lipinski definition) is 4. The van der Waals surface area contributed by atoms with E-state index >= 15 is 0 Å². The molecule has 1 aliphatic heterocycles. The predicted molar refractivity (Wildman–Crippen MR) is 348 cm³/mol. The first kappa shape index (κ1) is 48.1. The lowest BCUT2D eigenvalue weighted by atomic mass is 9.78. The number of anilines is 4. The molecule has 5 heteroatoms. The molecule has 0 radical (unpaired) electrons. The Morgan fingerprint density at radius 1 is 0.524 bits per heavy atom. The van der Waals surface area contributed by atoms with Crippen LogP contribution in [0.25, 0.3) is 72.1 Å². The van der Waals surface area contributed by atoms with Gasteiger partial charge in [-0.1, -0.05) is 228 Å². The van der Waals surface area contributed by atoms with Crippen molar-refractivity contribution in [2.24, 2.45) is 5.92 Å². The fourth-order valence-electron chi connectivity index (χ4n) is 11.8. The van der Waals surface area contributed by atoms with Crippen LogP contribution in [0.5, 0.6) is 11.5 Å². The van der Waals surface area contributed by atoms with E-state index in [1.54, 1.807) is 0 Å². The molecule has 0 saturated carbocycles. The van der Waals surface area contributed by atoms with E-state index in [0.717, 1.165) is 101 Å². The fourth-order valence-corrected chi connectivity index (χ4v) is 11.8. The molecular weight excluding hydrogens is 997 g/mol. The van der Waals surface area contributed by atoms with E-state index in [0.29, 0.717) is 23.9 Å². The van der Waals surface area contributed by atoms with Gasteiger partial charge < -0.3 is 14.5 Å². The van der Waals surface area contributed by atoms with E-state index in [1.165, 1.54) is 22.3 Å². The van der Waals surface area contributed by atoms with Crippen molar-refractivity contribution in [3.05, 3.63) is 240 Å². The van der Waals surface area contributed by atoms with Gasteiger partial charge in [-0.05, 0) is 134 Å². The van der Waals surface area contributed by atoms with Crippen molar-refractivity contribution in [1.82, 2.24) is 9.55 Å². The lowest BCUT2D eigenvalue weighted by Gasteiger charge is -2.29. The summed E-state index contributed by atoms with van der Waals surface area (Å²) in [6.07, 6.45) is 2.96. The van der Waals surface area contributed by atoms with Crippen LogP contribution in [0.1, 0.15) is 111 Å². The monoisotopic (exact) mass is 1080 g/mol. The number of rotatable bonds is 11. The van der Waals surface area contributed by atoms with Gasteiger partial charge in [0.2, 0.25) is 0 Å². The molecule has 0 spiro atoms. The van der Waals surface area contributed by atoms with Crippen LogP contribution in [-0.2, 0) is 22.7 Å². The maximum atomic E-state index is 9.44. The van der Waals surface area contributed by atoms with E-state index in [9.17, 15) is 2.74 Å². The standard InChI is InChI=1S/C77H76N4O/c1-50(2)41-56-45-72(78-48-67(56)54-33-36-58(37-34-54)75(4,5)6)81-68-32-20-19-29-65(68)66-38-40-71(51(3)73(66)81)82-62-28-21-27-61(47-62)79-49-80(70-44-55(35-39-69(70)79)52-23-15-13-16-24-52)74-63(53-25-17-14-18-26-53)30-22-31-64(74)57-42-59(76(7,8)9)46-60(43-57)77(10,11)12/h13-40,42-48,50H,41,49H2,1-12H3/i14D,17D,18D,25D,26D. The van der Waals surface area contributed by atoms with Gasteiger partial charge in [-0.25, -0.2) is 4.98 Å². The normalized spacial score (nSPS) is 13.8. The third-order valence-corrected chi connectivity index (χ3v) is 16.3. The fraction of sp³-hybridized carbons (Fsp3) is 0.234.